The number of carbonyl (C=O) groups is 3. The van der Waals surface area contributed by atoms with Gasteiger partial charge in [0.1, 0.15) is 0 Å². The van der Waals surface area contributed by atoms with Gasteiger partial charge < -0.3 is 15.3 Å². The Kier molecular flexibility index (Phi) is 7.07. The maximum atomic E-state index is 12.2. The molecule has 0 radical (unpaired) electrons. The summed E-state index contributed by atoms with van der Waals surface area (Å²) in [6.07, 6.45) is 9.68. The number of halogens is 1. The van der Waals surface area contributed by atoms with Gasteiger partial charge in [-0.3, -0.25) is 24.3 Å². The Morgan fingerprint density at radius 1 is 1.13 bits per heavy atom. The Bertz CT molecular complexity index is 1430. The zero-order valence-corrected chi connectivity index (χ0v) is 23.2. The molecule has 3 aromatic rings. The molecular weight excluding hydrogens is 536 g/mol. The van der Waals surface area contributed by atoms with Crippen LogP contribution in [0.5, 0.6) is 0 Å². The fourth-order valence-corrected chi connectivity index (χ4v) is 8.19. The average Bonchev–Trinajstić information content (AvgIpc) is 3.63. The SMILES string of the molecule is O=C1CCC(=O)N1Cc1cc2nccc(-c3cc(Cl)cc4c3N(C3CC5(CCCN5)C3)CCC4)c2s1.O=CO. The summed E-state index contributed by atoms with van der Waals surface area (Å²) in [6, 6.07) is 8.94. The maximum absolute atomic E-state index is 12.2. The third-order valence-electron chi connectivity index (χ3n) is 8.53. The first-order valence-electron chi connectivity index (χ1n) is 13.5. The third kappa shape index (κ3) is 4.81. The second-order valence-corrected chi connectivity index (χ2v) is 12.5. The number of aromatic nitrogens is 1. The van der Waals surface area contributed by atoms with Crippen LogP contribution in [0.4, 0.5) is 5.69 Å². The van der Waals surface area contributed by atoms with Gasteiger partial charge in [-0.2, -0.15) is 0 Å². The molecule has 204 valence electrons. The van der Waals surface area contributed by atoms with Crippen molar-refractivity contribution in [3.63, 3.8) is 0 Å². The fourth-order valence-electron chi connectivity index (χ4n) is 6.82. The number of likely N-dealkylation sites (tertiary alicyclic amines) is 1. The number of pyridine rings is 1. The minimum Gasteiger partial charge on any atom is -0.483 e. The number of anilines is 1. The molecular formula is C29H31ClN4O4S. The van der Waals surface area contributed by atoms with Crippen molar-refractivity contribution < 1.29 is 19.5 Å². The van der Waals surface area contributed by atoms with E-state index in [-0.39, 0.29) is 18.3 Å². The van der Waals surface area contributed by atoms with E-state index in [2.05, 4.69) is 33.4 Å². The molecule has 10 heteroatoms. The molecule has 3 aliphatic heterocycles. The van der Waals surface area contributed by atoms with Crippen LogP contribution in [0.1, 0.15) is 55.4 Å². The second-order valence-electron chi connectivity index (χ2n) is 10.9. The average molecular weight is 567 g/mol. The molecule has 0 bridgehead atoms. The second kappa shape index (κ2) is 10.5. The number of rotatable bonds is 4. The highest BCUT2D eigenvalue weighted by Gasteiger charge is 2.48. The molecule has 0 atom stereocenters. The summed E-state index contributed by atoms with van der Waals surface area (Å²) >= 11 is 8.32. The quantitative estimate of drug-likeness (QED) is 0.338. The molecule has 2 aromatic heterocycles. The van der Waals surface area contributed by atoms with E-state index in [0.29, 0.717) is 31.0 Å². The minimum atomic E-state index is -0.250. The van der Waals surface area contributed by atoms with Crippen LogP contribution in [-0.2, 0) is 27.3 Å². The lowest BCUT2D eigenvalue weighted by molar-refractivity contribution is -0.139. The van der Waals surface area contributed by atoms with Gasteiger partial charge in [0, 0.05) is 63.9 Å². The van der Waals surface area contributed by atoms with Crippen molar-refractivity contribution in [2.75, 3.05) is 18.0 Å². The van der Waals surface area contributed by atoms with Crippen LogP contribution in [-0.4, -0.2) is 57.9 Å². The lowest BCUT2D eigenvalue weighted by Gasteiger charge is -2.52. The zero-order chi connectivity index (χ0) is 27.1. The first kappa shape index (κ1) is 26.2. The summed E-state index contributed by atoms with van der Waals surface area (Å²) in [5.41, 5.74) is 6.22. The van der Waals surface area contributed by atoms with Crippen LogP contribution < -0.4 is 10.2 Å². The van der Waals surface area contributed by atoms with Crippen LogP contribution in [0.25, 0.3) is 21.3 Å². The third-order valence-corrected chi connectivity index (χ3v) is 9.89. The molecule has 2 saturated heterocycles. The molecule has 1 aliphatic carbocycles. The Labute approximate surface area is 236 Å². The van der Waals surface area contributed by atoms with Crippen LogP contribution in [0.15, 0.2) is 30.5 Å². The number of benzene rings is 1. The van der Waals surface area contributed by atoms with Gasteiger partial charge in [0.15, 0.2) is 0 Å². The summed E-state index contributed by atoms with van der Waals surface area (Å²) in [6.45, 7) is 2.30. The molecule has 4 aliphatic rings. The molecule has 2 N–H and O–H groups in total. The van der Waals surface area contributed by atoms with Gasteiger partial charge in [0.05, 0.1) is 16.8 Å². The molecule has 3 fully saturated rings. The summed E-state index contributed by atoms with van der Waals surface area (Å²) in [5.74, 6) is -0.166. The van der Waals surface area contributed by atoms with E-state index in [0.717, 1.165) is 51.6 Å². The number of nitrogens with zero attached hydrogens (tertiary/aromatic N) is 3. The summed E-state index contributed by atoms with van der Waals surface area (Å²) in [4.78, 5) is 42.4. The fraction of sp³-hybridized carbons (Fsp3) is 0.448. The van der Waals surface area contributed by atoms with Crippen molar-refractivity contribution in [2.24, 2.45) is 0 Å². The van der Waals surface area contributed by atoms with E-state index in [9.17, 15) is 9.59 Å². The Balaban J connectivity index is 0.000000883. The molecule has 7 rings (SSSR count). The van der Waals surface area contributed by atoms with Crippen LogP contribution in [0, 0.1) is 0 Å². The van der Waals surface area contributed by atoms with E-state index in [1.807, 2.05) is 12.3 Å². The Hall–Kier alpha value is -3.01. The lowest BCUT2D eigenvalue weighted by atomic mass is 9.70. The highest BCUT2D eigenvalue weighted by molar-refractivity contribution is 7.19. The molecule has 5 heterocycles. The summed E-state index contributed by atoms with van der Waals surface area (Å²) in [7, 11) is 0. The molecule has 1 aromatic carbocycles. The van der Waals surface area contributed by atoms with E-state index < -0.39 is 0 Å². The van der Waals surface area contributed by atoms with Crippen LogP contribution in [0.3, 0.4) is 0 Å². The van der Waals surface area contributed by atoms with E-state index in [1.165, 1.54) is 47.4 Å². The van der Waals surface area contributed by atoms with Gasteiger partial charge in [0.2, 0.25) is 11.8 Å². The van der Waals surface area contributed by atoms with Crippen molar-refractivity contribution in [3.05, 3.63) is 45.9 Å². The number of hydrogen-bond donors (Lipinski definition) is 2. The minimum absolute atomic E-state index is 0.0831. The number of carboxylic acid groups (broad SMARTS) is 1. The predicted molar refractivity (Wildman–Crippen MR) is 152 cm³/mol. The number of nitrogens with one attached hydrogen (secondary N) is 1. The van der Waals surface area contributed by atoms with Gasteiger partial charge in [-0.1, -0.05) is 11.6 Å². The van der Waals surface area contributed by atoms with Crippen LogP contribution >= 0.6 is 22.9 Å². The van der Waals surface area contributed by atoms with Gasteiger partial charge in [0.25, 0.3) is 6.47 Å². The van der Waals surface area contributed by atoms with Gasteiger partial charge >= 0.3 is 0 Å². The molecule has 2 amide bonds. The van der Waals surface area contributed by atoms with E-state index in [4.69, 9.17) is 21.5 Å². The first-order chi connectivity index (χ1) is 18.9. The number of fused-ring (bicyclic) bond motifs is 2. The van der Waals surface area contributed by atoms with Crippen molar-refractivity contribution in [1.82, 2.24) is 15.2 Å². The smallest absolute Gasteiger partial charge is 0.290 e. The van der Waals surface area contributed by atoms with Crippen molar-refractivity contribution in [1.29, 1.82) is 0 Å². The Morgan fingerprint density at radius 3 is 2.62 bits per heavy atom. The normalized spacial score (nSPS) is 24.1. The van der Waals surface area contributed by atoms with Crippen molar-refractivity contribution in [2.45, 2.75) is 69.5 Å². The summed E-state index contributed by atoms with van der Waals surface area (Å²) < 4.78 is 1.09. The molecule has 0 unspecified atom stereocenters. The number of carbonyl (C=O) groups excluding carboxylic acids is 2. The highest BCUT2D eigenvalue weighted by atomic mass is 35.5. The number of hydrogen-bond acceptors (Lipinski definition) is 7. The van der Waals surface area contributed by atoms with Crippen molar-refractivity contribution in [3.8, 4) is 11.1 Å². The molecule has 1 saturated carbocycles. The molecule has 8 nitrogen and oxygen atoms in total. The number of thiophene rings is 1. The monoisotopic (exact) mass is 566 g/mol. The lowest BCUT2D eigenvalue weighted by Crippen LogP contribution is -2.60. The number of amides is 2. The van der Waals surface area contributed by atoms with E-state index in [1.54, 1.807) is 11.3 Å². The van der Waals surface area contributed by atoms with Crippen LogP contribution in [0.2, 0.25) is 5.02 Å². The number of aryl methyl sites for hydroxylation is 1. The molecule has 1 spiro atoms. The zero-order valence-electron chi connectivity index (χ0n) is 21.6. The van der Waals surface area contributed by atoms with Gasteiger partial charge in [-0.05, 0) is 74.9 Å². The highest BCUT2D eigenvalue weighted by Crippen LogP contribution is 2.49. The first-order valence-corrected chi connectivity index (χ1v) is 14.7. The largest absolute Gasteiger partial charge is 0.483 e. The van der Waals surface area contributed by atoms with Gasteiger partial charge in [-0.15, -0.1) is 11.3 Å². The van der Waals surface area contributed by atoms with E-state index >= 15 is 0 Å². The predicted octanol–water partition coefficient (Wildman–Crippen LogP) is 5.00. The van der Waals surface area contributed by atoms with Gasteiger partial charge in [-0.25, -0.2) is 0 Å². The standard InChI is InChI=1S/C28H29ClN4O2S.CH2O2/c29-18-11-17-3-1-10-32(19-14-28(15-19)7-2-8-31-28)26(17)22(12-18)21-6-9-30-23-13-20(36-27(21)23)16-33-24(34)4-5-25(33)35;2-1-3/h6,9,11-13,19,31H,1-5,7-8,10,14-16H2;1H,(H,2,3). The maximum Gasteiger partial charge on any atom is 0.290 e. The Morgan fingerprint density at radius 2 is 1.90 bits per heavy atom. The topological polar surface area (TPSA) is 103 Å². The number of imide groups is 1. The molecule has 39 heavy (non-hydrogen) atoms. The summed E-state index contributed by atoms with van der Waals surface area (Å²) in [5, 5.41) is 11.4. The van der Waals surface area contributed by atoms with Crippen molar-refractivity contribution >= 4 is 57.1 Å².